The van der Waals surface area contributed by atoms with Gasteiger partial charge < -0.3 is 20.1 Å². The van der Waals surface area contributed by atoms with Crippen molar-refractivity contribution in [3.05, 3.63) is 42.5 Å². The number of anilines is 2. The van der Waals surface area contributed by atoms with Crippen molar-refractivity contribution in [3.63, 3.8) is 0 Å². The zero-order valence-corrected chi connectivity index (χ0v) is 16.3. The van der Waals surface area contributed by atoms with E-state index in [4.69, 9.17) is 21.7 Å². The second-order valence-corrected chi connectivity index (χ2v) is 7.19. The normalized spacial score (nSPS) is 10.7. The molecule has 0 aliphatic heterocycles. The quantitative estimate of drug-likeness (QED) is 0.621. The lowest BCUT2D eigenvalue weighted by molar-refractivity contribution is 0.340. The first-order chi connectivity index (χ1) is 12.4. The predicted molar refractivity (Wildman–Crippen MR) is 107 cm³/mol. The fourth-order valence-electron chi connectivity index (χ4n) is 2.14. The molecule has 0 heterocycles. The molecule has 0 saturated heterocycles. The lowest BCUT2D eigenvalue weighted by Gasteiger charge is -2.15. The average Bonchev–Trinajstić information content (AvgIpc) is 2.63. The molecule has 0 unspecified atom stereocenters. The van der Waals surface area contributed by atoms with Crippen LogP contribution in [0.25, 0.3) is 0 Å². The Bertz CT molecular complexity index is 868. The summed E-state index contributed by atoms with van der Waals surface area (Å²) in [4.78, 5) is 0.0170. The largest absolute Gasteiger partial charge is 0.497 e. The van der Waals surface area contributed by atoms with Crippen LogP contribution in [-0.2, 0) is 10.0 Å². The molecule has 7 nitrogen and oxygen atoms in total. The summed E-state index contributed by atoms with van der Waals surface area (Å²) in [5, 5.41) is 5.90. The van der Waals surface area contributed by atoms with E-state index in [0.29, 0.717) is 34.6 Å². The Hall–Kier alpha value is -2.52. The molecule has 26 heavy (non-hydrogen) atoms. The maximum Gasteiger partial charge on any atom is 0.264 e. The van der Waals surface area contributed by atoms with Gasteiger partial charge in [-0.2, -0.15) is 0 Å². The lowest BCUT2D eigenvalue weighted by atomic mass is 10.3. The van der Waals surface area contributed by atoms with Crippen LogP contribution in [0.5, 0.6) is 11.5 Å². The molecular formula is C17H21N3O4S2. The van der Waals surface area contributed by atoms with E-state index in [9.17, 15) is 8.42 Å². The summed E-state index contributed by atoms with van der Waals surface area (Å²) in [6.45, 7) is 2.42. The van der Waals surface area contributed by atoms with Gasteiger partial charge in [-0.3, -0.25) is 4.72 Å². The minimum atomic E-state index is -3.88. The van der Waals surface area contributed by atoms with Crippen LogP contribution in [0.1, 0.15) is 6.92 Å². The van der Waals surface area contributed by atoms with Crippen molar-refractivity contribution in [1.82, 2.24) is 5.32 Å². The summed E-state index contributed by atoms with van der Waals surface area (Å²) in [5.41, 5.74) is 0.752. The summed E-state index contributed by atoms with van der Waals surface area (Å²) in [5.74, 6) is 1.08. The summed E-state index contributed by atoms with van der Waals surface area (Å²) >= 11 is 5.07. The Labute approximate surface area is 158 Å². The topological polar surface area (TPSA) is 88.7 Å². The molecule has 2 aromatic carbocycles. The van der Waals surface area contributed by atoms with E-state index < -0.39 is 10.0 Å². The fourth-order valence-corrected chi connectivity index (χ4v) is 3.48. The molecular weight excluding hydrogens is 374 g/mol. The monoisotopic (exact) mass is 395 g/mol. The van der Waals surface area contributed by atoms with Crippen molar-refractivity contribution in [1.29, 1.82) is 0 Å². The number of hydrogen-bond acceptors (Lipinski definition) is 5. The van der Waals surface area contributed by atoms with Gasteiger partial charge in [-0.05, 0) is 55.5 Å². The molecule has 0 atom stereocenters. The van der Waals surface area contributed by atoms with Gasteiger partial charge in [0.25, 0.3) is 10.0 Å². The molecule has 3 N–H and O–H groups in total. The Morgan fingerprint density at radius 2 is 1.77 bits per heavy atom. The molecule has 0 spiro atoms. The van der Waals surface area contributed by atoms with Crippen molar-refractivity contribution in [2.24, 2.45) is 0 Å². The van der Waals surface area contributed by atoms with Gasteiger partial charge >= 0.3 is 0 Å². The molecule has 140 valence electrons. The van der Waals surface area contributed by atoms with E-state index in [0.717, 1.165) is 0 Å². The molecule has 0 aliphatic rings. The third-order valence-corrected chi connectivity index (χ3v) is 5.10. The number of benzene rings is 2. The summed E-state index contributed by atoms with van der Waals surface area (Å²) in [6, 6.07) is 11.3. The van der Waals surface area contributed by atoms with Gasteiger partial charge in [-0.15, -0.1) is 0 Å². The van der Waals surface area contributed by atoms with Crippen LogP contribution in [0.3, 0.4) is 0 Å². The predicted octanol–water partition coefficient (Wildman–Crippen LogP) is 2.81. The van der Waals surface area contributed by atoms with Crippen molar-refractivity contribution < 1.29 is 17.9 Å². The van der Waals surface area contributed by atoms with Crippen molar-refractivity contribution in [2.45, 2.75) is 11.8 Å². The van der Waals surface area contributed by atoms with Crippen LogP contribution in [0.2, 0.25) is 0 Å². The Balaban J connectivity index is 2.35. The van der Waals surface area contributed by atoms with Gasteiger partial charge in [0.1, 0.15) is 16.4 Å². The third-order valence-electron chi connectivity index (χ3n) is 3.37. The van der Waals surface area contributed by atoms with Crippen LogP contribution < -0.4 is 24.8 Å². The summed E-state index contributed by atoms with van der Waals surface area (Å²) in [7, 11) is -0.763. The number of thiocarbonyl (C=S) groups is 1. The van der Waals surface area contributed by atoms with E-state index in [1.54, 1.807) is 43.4 Å². The van der Waals surface area contributed by atoms with Crippen molar-refractivity contribution >= 4 is 38.7 Å². The minimum Gasteiger partial charge on any atom is -0.497 e. The van der Waals surface area contributed by atoms with Crippen molar-refractivity contribution in [3.8, 4) is 11.5 Å². The van der Waals surface area contributed by atoms with Crippen LogP contribution in [0, 0.1) is 0 Å². The third kappa shape index (κ3) is 4.99. The van der Waals surface area contributed by atoms with Gasteiger partial charge in [0.2, 0.25) is 0 Å². The number of rotatable bonds is 7. The molecule has 0 bridgehead atoms. The van der Waals surface area contributed by atoms with Crippen LogP contribution in [0.4, 0.5) is 11.4 Å². The minimum absolute atomic E-state index is 0.0170. The van der Waals surface area contributed by atoms with E-state index in [1.807, 2.05) is 6.92 Å². The molecule has 0 aromatic heterocycles. The number of hydrogen-bond donors (Lipinski definition) is 3. The Morgan fingerprint density at radius 3 is 2.35 bits per heavy atom. The zero-order chi connectivity index (χ0) is 19.2. The number of methoxy groups -OCH3 is 1. The number of nitrogens with one attached hydrogen (secondary N) is 3. The van der Waals surface area contributed by atoms with Gasteiger partial charge in [0.05, 0.1) is 19.4 Å². The van der Waals surface area contributed by atoms with Crippen molar-refractivity contribution in [2.75, 3.05) is 30.8 Å². The molecule has 2 aromatic rings. The Kier molecular flexibility index (Phi) is 6.64. The summed E-state index contributed by atoms with van der Waals surface area (Å²) in [6.07, 6.45) is 0. The number of ether oxygens (including phenoxy) is 2. The second kappa shape index (κ2) is 8.72. The number of sulfonamides is 1. The maximum atomic E-state index is 12.9. The Morgan fingerprint density at radius 1 is 1.12 bits per heavy atom. The highest BCUT2D eigenvalue weighted by Crippen LogP contribution is 2.28. The first kappa shape index (κ1) is 19.8. The SMILES string of the molecule is CCOc1ccc(NS(=O)(=O)c2cc(OC)ccc2NC(=S)NC)cc1. The zero-order valence-electron chi connectivity index (χ0n) is 14.7. The highest BCUT2D eigenvalue weighted by atomic mass is 32.2. The molecule has 0 radical (unpaired) electrons. The van der Waals surface area contributed by atoms with E-state index in [1.165, 1.54) is 13.2 Å². The molecule has 9 heteroatoms. The molecule has 0 fully saturated rings. The second-order valence-electron chi connectivity index (χ2n) is 5.13. The first-order valence-corrected chi connectivity index (χ1v) is 9.71. The van der Waals surface area contributed by atoms with Crippen LogP contribution >= 0.6 is 12.2 Å². The van der Waals surface area contributed by atoms with Gasteiger partial charge in [0, 0.05) is 18.8 Å². The van der Waals surface area contributed by atoms with Crippen LogP contribution in [-0.4, -0.2) is 34.3 Å². The van der Waals surface area contributed by atoms with E-state index in [-0.39, 0.29) is 4.90 Å². The van der Waals surface area contributed by atoms with Gasteiger partial charge in [-0.25, -0.2) is 8.42 Å². The van der Waals surface area contributed by atoms with E-state index >= 15 is 0 Å². The molecule has 0 amide bonds. The highest BCUT2D eigenvalue weighted by molar-refractivity contribution is 7.93. The van der Waals surface area contributed by atoms with Gasteiger partial charge in [-0.1, -0.05) is 0 Å². The van der Waals surface area contributed by atoms with Gasteiger partial charge in [0.15, 0.2) is 5.11 Å². The summed E-state index contributed by atoms with van der Waals surface area (Å²) < 4.78 is 38.8. The highest BCUT2D eigenvalue weighted by Gasteiger charge is 2.20. The standard InChI is InChI=1S/C17H21N3O4S2/c1-4-24-13-7-5-12(6-8-13)20-26(21,22)16-11-14(23-3)9-10-15(16)19-17(25)18-2/h5-11,20H,4H2,1-3H3,(H2,18,19,25). The lowest BCUT2D eigenvalue weighted by Crippen LogP contribution is -2.26. The first-order valence-electron chi connectivity index (χ1n) is 7.82. The molecule has 0 aliphatic carbocycles. The maximum absolute atomic E-state index is 12.9. The molecule has 2 rings (SSSR count). The van der Waals surface area contributed by atoms with E-state index in [2.05, 4.69) is 15.4 Å². The fraction of sp³-hybridized carbons (Fsp3) is 0.235. The smallest absolute Gasteiger partial charge is 0.264 e. The van der Waals surface area contributed by atoms with Crippen LogP contribution in [0.15, 0.2) is 47.4 Å². The molecule has 0 saturated carbocycles. The average molecular weight is 396 g/mol.